The molecule has 1 aromatic carbocycles. The minimum Gasteiger partial charge on any atom is -0.388 e. The number of rotatable bonds is 3. The van der Waals surface area contributed by atoms with Gasteiger partial charge in [0.05, 0.1) is 4.99 Å². The van der Waals surface area contributed by atoms with E-state index < -0.39 is 5.76 Å². The van der Waals surface area contributed by atoms with E-state index >= 15 is 0 Å². The minimum atomic E-state index is -0.555. The molecule has 0 saturated carbocycles. The average molecular weight is 249 g/mol. The van der Waals surface area contributed by atoms with E-state index in [4.69, 9.17) is 16.6 Å². The molecule has 17 heavy (non-hydrogen) atoms. The van der Waals surface area contributed by atoms with E-state index in [1.165, 1.54) is 0 Å². The summed E-state index contributed by atoms with van der Waals surface area (Å²) in [5, 5.41) is 8.89. The number of hydrogen-bond donors (Lipinski definition) is 2. The molecule has 0 unspecified atom stereocenters. The smallest absolute Gasteiger partial charge is 0.388 e. The van der Waals surface area contributed by atoms with Gasteiger partial charge in [-0.1, -0.05) is 24.4 Å². The molecule has 0 fully saturated rings. The van der Waals surface area contributed by atoms with Crippen molar-refractivity contribution in [1.82, 2.24) is 15.5 Å². The van der Waals surface area contributed by atoms with Crippen molar-refractivity contribution in [2.45, 2.75) is 6.42 Å². The molecule has 0 bridgehead atoms. The molecule has 0 spiro atoms. The number of nitrogens with zero attached hydrogens (tertiary/aromatic N) is 1. The van der Waals surface area contributed by atoms with Crippen molar-refractivity contribution < 1.29 is 4.42 Å². The van der Waals surface area contributed by atoms with Gasteiger partial charge in [-0.2, -0.15) is 0 Å². The highest BCUT2D eigenvalue weighted by atomic mass is 32.1. The first-order valence-electron chi connectivity index (χ1n) is 5.04. The van der Waals surface area contributed by atoms with Crippen LogP contribution >= 0.6 is 12.2 Å². The Bertz CT molecular complexity index is 571. The first kappa shape index (κ1) is 11.5. The topological polar surface area (TPSA) is 70.9 Å². The van der Waals surface area contributed by atoms with Gasteiger partial charge in [0.15, 0.2) is 0 Å². The van der Waals surface area contributed by atoms with Crippen molar-refractivity contribution in [3.8, 4) is 11.5 Å². The van der Waals surface area contributed by atoms with E-state index in [1.807, 2.05) is 24.3 Å². The van der Waals surface area contributed by atoms with Gasteiger partial charge < -0.3 is 9.73 Å². The Balaban J connectivity index is 2.18. The quantitative estimate of drug-likeness (QED) is 0.798. The van der Waals surface area contributed by atoms with E-state index in [0.29, 0.717) is 6.42 Å². The maximum absolute atomic E-state index is 10.8. The third kappa shape index (κ3) is 2.79. The zero-order valence-corrected chi connectivity index (χ0v) is 10.0. The summed E-state index contributed by atoms with van der Waals surface area (Å²) in [5.74, 6) is -0.266. The molecule has 2 aromatic rings. The predicted molar refractivity (Wildman–Crippen MR) is 67.9 cm³/mol. The van der Waals surface area contributed by atoms with E-state index in [0.717, 1.165) is 16.1 Å². The lowest BCUT2D eigenvalue weighted by Crippen LogP contribution is -2.17. The zero-order chi connectivity index (χ0) is 12.3. The molecule has 0 radical (unpaired) electrons. The van der Waals surface area contributed by atoms with Crippen LogP contribution in [0.15, 0.2) is 33.5 Å². The van der Waals surface area contributed by atoms with Crippen molar-refractivity contribution in [2.75, 3.05) is 7.05 Å². The Morgan fingerprint density at radius 1 is 1.47 bits per heavy atom. The summed E-state index contributed by atoms with van der Waals surface area (Å²) in [6.45, 7) is 0. The number of hydrogen-bond acceptors (Lipinski definition) is 4. The molecule has 0 amide bonds. The lowest BCUT2D eigenvalue weighted by Gasteiger charge is -2.03. The molecular formula is C11H11N3O2S. The highest BCUT2D eigenvalue weighted by Gasteiger charge is 2.05. The molecule has 0 atom stereocenters. The standard InChI is InChI=1S/C11H11N3O2S/c1-12-9(17)6-7-2-4-8(5-3-7)10-13-14-11(15)16-10/h2-5H,6H2,1H3,(H,12,17)(H,14,15). The predicted octanol–water partition coefficient (Wildman–Crippen LogP) is 1.12. The second kappa shape index (κ2) is 4.92. The molecule has 2 N–H and O–H groups in total. The van der Waals surface area contributed by atoms with E-state index in [1.54, 1.807) is 7.05 Å². The minimum absolute atomic E-state index is 0.290. The molecule has 0 saturated heterocycles. The molecule has 1 aromatic heterocycles. The molecule has 0 aliphatic carbocycles. The largest absolute Gasteiger partial charge is 0.434 e. The Morgan fingerprint density at radius 2 is 2.18 bits per heavy atom. The first-order chi connectivity index (χ1) is 8.19. The van der Waals surface area contributed by atoms with Crippen LogP contribution in [-0.4, -0.2) is 22.2 Å². The summed E-state index contributed by atoms with van der Waals surface area (Å²) in [6, 6.07) is 7.53. The summed E-state index contributed by atoms with van der Waals surface area (Å²) in [6.07, 6.45) is 0.691. The number of aromatic amines is 1. The molecule has 2 rings (SSSR count). The van der Waals surface area contributed by atoms with Crippen LogP contribution in [0.25, 0.3) is 11.5 Å². The molecule has 0 aliphatic heterocycles. The van der Waals surface area contributed by atoms with Gasteiger partial charge in [-0.15, -0.1) is 5.10 Å². The number of benzene rings is 1. The maximum Gasteiger partial charge on any atom is 0.434 e. The Hall–Kier alpha value is -1.95. The Kier molecular flexibility index (Phi) is 3.34. The average Bonchev–Trinajstić information content (AvgIpc) is 2.77. The fourth-order valence-corrected chi connectivity index (χ4v) is 1.56. The van der Waals surface area contributed by atoms with Gasteiger partial charge in [0.1, 0.15) is 0 Å². The van der Waals surface area contributed by atoms with Crippen LogP contribution in [0.5, 0.6) is 0 Å². The third-order valence-corrected chi connectivity index (χ3v) is 2.63. The highest BCUT2D eigenvalue weighted by Crippen LogP contribution is 2.15. The van der Waals surface area contributed by atoms with Crippen LogP contribution in [0.4, 0.5) is 0 Å². The fourth-order valence-electron chi connectivity index (χ4n) is 1.39. The second-order valence-corrected chi connectivity index (χ2v) is 3.96. The van der Waals surface area contributed by atoms with E-state index in [9.17, 15) is 4.79 Å². The number of thiocarbonyl (C=S) groups is 1. The van der Waals surface area contributed by atoms with Gasteiger partial charge in [0.2, 0.25) is 5.89 Å². The van der Waals surface area contributed by atoms with Gasteiger partial charge in [0, 0.05) is 19.0 Å². The van der Waals surface area contributed by atoms with Crippen LogP contribution in [0.2, 0.25) is 0 Å². The fraction of sp³-hybridized carbons (Fsp3) is 0.182. The number of H-pyrrole nitrogens is 1. The van der Waals surface area contributed by atoms with Gasteiger partial charge in [-0.25, -0.2) is 9.89 Å². The molecule has 6 heteroatoms. The van der Waals surface area contributed by atoms with Crippen molar-refractivity contribution in [3.63, 3.8) is 0 Å². The normalized spacial score (nSPS) is 10.2. The SMILES string of the molecule is CNC(=S)Cc1ccc(-c2n[nH]c(=O)o2)cc1. The van der Waals surface area contributed by atoms with Gasteiger partial charge in [0.25, 0.3) is 0 Å². The van der Waals surface area contributed by atoms with Gasteiger partial charge in [-0.3, -0.25) is 0 Å². The van der Waals surface area contributed by atoms with Gasteiger partial charge >= 0.3 is 5.76 Å². The number of nitrogens with one attached hydrogen (secondary N) is 2. The van der Waals surface area contributed by atoms with Crippen LogP contribution in [-0.2, 0) is 6.42 Å². The maximum atomic E-state index is 10.8. The third-order valence-electron chi connectivity index (χ3n) is 2.28. The van der Waals surface area contributed by atoms with Crippen LogP contribution in [0.3, 0.4) is 0 Å². The molecule has 5 nitrogen and oxygen atoms in total. The van der Waals surface area contributed by atoms with Crippen molar-refractivity contribution >= 4 is 17.2 Å². The highest BCUT2D eigenvalue weighted by molar-refractivity contribution is 7.80. The van der Waals surface area contributed by atoms with Crippen LogP contribution < -0.4 is 11.1 Å². The van der Waals surface area contributed by atoms with Crippen molar-refractivity contribution in [2.24, 2.45) is 0 Å². The number of aromatic nitrogens is 2. The van der Waals surface area contributed by atoms with Crippen LogP contribution in [0, 0.1) is 0 Å². The monoisotopic (exact) mass is 249 g/mol. The Morgan fingerprint density at radius 3 is 2.71 bits per heavy atom. The summed E-state index contributed by atoms with van der Waals surface area (Å²) in [5.41, 5.74) is 1.84. The lowest BCUT2D eigenvalue weighted by molar-refractivity contribution is 0.527. The van der Waals surface area contributed by atoms with E-state index in [2.05, 4.69) is 15.5 Å². The summed E-state index contributed by atoms with van der Waals surface area (Å²) in [7, 11) is 1.80. The molecule has 88 valence electrons. The van der Waals surface area contributed by atoms with Crippen molar-refractivity contribution in [1.29, 1.82) is 0 Å². The summed E-state index contributed by atoms with van der Waals surface area (Å²) < 4.78 is 4.85. The number of likely N-dealkylation sites (N-methyl/N-ethyl adjacent to an activating group) is 1. The zero-order valence-electron chi connectivity index (χ0n) is 9.19. The summed E-state index contributed by atoms with van der Waals surface area (Å²) >= 11 is 5.08. The molecule has 1 heterocycles. The molecule has 0 aliphatic rings. The van der Waals surface area contributed by atoms with E-state index in [-0.39, 0.29) is 5.89 Å². The summed E-state index contributed by atoms with van der Waals surface area (Å²) in [4.78, 5) is 11.6. The molecular weight excluding hydrogens is 238 g/mol. The van der Waals surface area contributed by atoms with Gasteiger partial charge in [-0.05, 0) is 17.7 Å². The lowest BCUT2D eigenvalue weighted by atomic mass is 10.1. The Labute approximate surface area is 103 Å². The first-order valence-corrected chi connectivity index (χ1v) is 5.45. The van der Waals surface area contributed by atoms with Crippen LogP contribution in [0.1, 0.15) is 5.56 Å². The van der Waals surface area contributed by atoms with Crippen molar-refractivity contribution in [3.05, 3.63) is 40.4 Å². The second-order valence-electron chi connectivity index (χ2n) is 3.47.